The lowest BCUT2D eigenvalue weighted by atomic mass is 9.85. The van der Waals surface area contributed by atoms with Crippen LogP contribution in [-0.2, 0) is 23.9 Å². The van der Waals surface area contributed by atoms with E-state index < -0.39 is 35.3 Å². The van der Waals surface area contributed by atoms with E-state index in [4.69, 9.17) is 0 Å². The number of carbonyl (C=O) groups is 2. The fraction of sp³-hybridized carbons (Fsp3) is 0.476. The minimum atomic E-state index is -5.02. The summed E-state index contributed by atoms with van der Waals surface area (Å²) in [4.78, 5) is 26.2. The van der Waals surface area contributed by atoms with Crippen LogP contribution >= 0.6 is 0 Å². The molecule has 1 amide bonds. The van der Waals surface area contributed by atoms with Crippen molar-refractivity contribution in [3.63, 3.8) is 0 Å². The van der Waals surface area contributed by atoms with Crippen molar-refractivity contribution < 1.29 is 31.5 Å². The van der Waals surface area contributed by atoms with Crippen molar-refractivity contribution in [1.29, 1.82) is 0 Å². The van der Waals surface area contributed by atoms with Gasteiger partial charge in [-0.25, -0.2) is 8.78 Å². The lowest BCUT2D eigenvalue weighted by Gasteiger charge is -2.33. The van der Waals surface area contributed by atoms with E-state index in [1.54, 1.807) is 0 Å². The SMILES string of the molecule is CC(=O)C1Cc2c(C(=O)N3CCC(c4ccc(F)c(F)c4C(F)(F)F)CC3)n[nH]c2CN1. The number of ketones is 1. The molecule has 2 N–H and O–H groups in total. The largest absolute Gasteiger partial charge is 0.419 e. The van der Waals surface area contributed by atoms with E-state index in [0.29, 0.717) is 24.6 Å². The number of piperidine rings is 1. The molecule has 1 saturated heterocycles. The molecule has 0 bridgehead atoms. The molecule has 1 aromatic carbocycles. The summed E-state index contributed by atoms with van der Waals surface area (Å²) in [5, 5.41) is 9.97. The van der Waals surface area contributed by atoms with Gasteiger partial charge in [0, 0.05) is 25.2 Å². The van der Waals surface area contributed by atoms with E-state index in [0.717, 1.165) is 11.8 Å². The summed E-state index contributed by atoms with van der Waals surface area (Å²) < 4.78 is 67.5. The van der Waals surface area contributed by atoms with E-state index in [1.807, 2.05) is 0 Å². The predicted molar refractivity (Wildman–Crippen MR) is 103 cm³/mol. The summed E-state index contributed by atoms with van der Waals surface area (Å²) in [7, 11) is 0. The molecule has 6 nitrogen and oxygen atoms in total. The Bertz CT molecular complexity index is 1060. The van der Waals surface area contributed by atoms with Crippen LogP contribution in [0.1, 0.15) is 58.6 Å². The molecule has 2 aromatic rings. The standard InChI is InChI=1S/C21H21F5N4O2/c1-10(31)15-8-13-16(9-27-15)28-29-19(13)20(32)30-6-4-11(5-7-30)12-2-3-14(22)18(23)17(12)21(24,25)26/h2-3,11,15,27H,4-9H2,1H3,(H,28,29). The van der Waals surface area contributed by atoms with Gasteiger partial charge in [-0.2, -0.15) is 18.3 Å². The van der Waals surface area contributed by atoms with Gasteiger partial charge < -0.3 is 10.2 Å². The Morgan fingerprint density at radius 3 is 2.47 bits per heavy atom. The van der Waals surface area contributed by atoms with E-state index in [2.05, 4.69) is 15.5 Å². The molecule has 2 aliphatic heterocycles. The lowest BCUT2D eigenvalue weighted by molar-refractivity contribution is -0.141. The number of halogens is 5. The van der Waals surface area contributed by atoms with Gasteiger partial charge in [0.2, 0.25) is 0 Å². The monoisotopic (exact) mass is 456 g/mol. The van der Waals surface area contributed by atoms with Crippen molar-refractivity contribution in [2.45, 2.75) is 50.9 Å². The molecule has 172 valence electrons. The molecule has 1 unspecified atom stereocenters. The van der Waals surface area contributed by atoms with Crippen LogP contribution in [0.5, 0.6) is 0 Å². The van der Waals surface area contributed by atoms with Gasteiger partial charge in [-0.15, -0.1) is 0 Å². The zero-order valence-electron chi connectivity index (χ0n) is 17.2. The van der Waals surface area contributed by atoms with Gasteiger partial charge in [0.1, 0.15) is 5.78 Å². The molecule has 1 atom stereocenters. The van der Waals surface area contributed by atoms with Crippen molar-refractivity contribution in [1.82, 2.24) is 20.4 Å². The van der Waals surface area contributed by atoms with E-state index in [1.165, 1.54) is 11.8 Å². The van der Waals surface area contributed by atoms with Crippen LogP contribution in [0.4, 0.5) is 22.0 Å². The number of nitrogens with one attached hydrogen (secondary N) is 2. The molecule has 1 aromatic heterocycles. The molecule has 2 aliphatic rings. The topological polar surface area (TPSA) is 78.1 Å². The van der Waals surface area contributed by atoms with Gasteiger partial charge >= 0.3 is 6.18 Å². The van der Waals surface area contributed by atoms with E-state index >= 15 is 0 Å². The van der Waals surface area contributed by atoms with Crippen LogP contribution in [0.2, 0.25) is 0 Å². The minimum Gasteiger partial charge on any atom is -0.337 e. The number of hydrogen-bond donors (Lipinski definition) is 2. The number of fused-ring (bicyclic) bond motifs is 1. The second-order valence-corrected chi connectivity index (χ2v) is 8.17. The summed E-state index contributed by atoms with van der Waals surface area (Å²) in [5.41, 5.74) is -0.286. The Balaban J connectivity index is 1.50. The first-order valence-electron chi connectivity index (χ1n) is 10.2. The summed E-state index contributed by atoms with van der Waals surface area (Å²) >= 11 is 0. The maximum Gasteiger partial charge on any atom is 0.419 e. The van der Waals surface area contributed by atoms with Gasteiger partial charge in [0.05, 0.1) is 17.3 Å². The Labute approximate surface area is 180 Å². The third kappa shape index (κ3) is 4.01. The third-order valence-electron chi connectivity index (χ3n) is 6.21. The molecule has 32 heavy (non-hydrogen) atoms. The van der Waals surface area contributed by atoms with Crippen molar-refractivity contribution in [2.24, 2.45) is 0 Å². The first-order valence-corrected chi connectivity index (χ1v) is 10.2. The predicted octanol–water partition coefficient (Wildman–Crippen LogP) is 3.33. The smallest absolute Gasteiger partial charge is 0.337 e. The molecular formula is C21H21F5N4O2. The van der Waals surface area contributed by atoms with Crippen LogP contribution < -0.4 is 5.32 Å². The number of amides is 1. The first-order chi connectivity index (χ1) is 15.1. The zero-order chi connectivity index (χ0) is 23.2. The maximum atomic E-state index is 14.0. The molecule has 4 rings (SSSR count). The average Bonchev–Trinajstić information content (AvgIpc) is 3.17. The number of hydrogen-bond acceptors (Lipinski definition) is 4. The summed E-state index contributed by atoms with van der Waals surface area (Å²) in [6, 6.07) is 1.27. The fourth-order valence-electron chi connectivity index (χ4n) is 4.47. The Hall–Kier alpha value is -2.82. The van der Waals surface area contributed by atoms with Crippen LogP contribution in [0.3, 0.4) is 0 Å². The van der Waals surface area contributed by atoms with Gasteiger partial charge in [0.25, 0.3) is 5.91 Å². The maximum absolute atomic E-state index is 14.0. The molecule has 1 fully saturated rings. The highest BCUT2D eigenvalue weighted by Gasteiger charge is 2.41. The highest BCUT2D eigenvalue weighted by molar-refractivity contribution is 5.94. The number of carbonyl (C=O) groups excluding carboxylic acids is 2. The van der Waals surface area contributed by atoms with Crippen LogP contribution in [0.25, 0.3) is 0 Å². The van der Waals surface area contributed by atoms with Crippen molar-refractivity contribution in [3.8, 4) is 0 Å². The third-order valence-corrected chi connectivity index (χ3v) is 6.21. The Kier molecular flexibility index (Phi) is 5.78. The lowest BCUT2D eigenvalue weighted by Crippen LogP contribution is -2.42. The number of aromatic amines is 1. The second-order valence-electron chi connectivity index (χ2n) is 8.17. The van der Waals surface area contributed by atoms with Crippen molar-refractivity contribution in [2.75, 3.05) is 13.1 Å². The minimum absolute atomic E-state index is 0.0527. The highest BCUT2D eigenvalue weighted by atomic mass is 19.4. The molecule has 0 saturated carbocycles. The molecule has 3 heterocycles. The number of Topliss-reactive ketones (excluding diaryl/α,β-unsaturated/α-hetero) is 1. The van der Waals surface area contributed by atoms with E-state index in [-0.39, 0.29) is 48.9 Å². The number of nitrogens with zero attached hydrogens (tertiary/aromatic N) is 2. The molecule has 0 radical (unpaired) electrons. The number of likely N-dealkylation sites (tertiary alicyclic amines) is 1. The van der Waals surface area contributed by atoms with Crippen molar-refractivity contribution in [3.05, 3.63) is 51.8 Å². The molecular weight excluding hydrogens is 435 g/mol. The van der Waals surface area contributed by atoms with Gasteiger partial charge in [-0.3, -0.25) is 14.7 Å². The summed E-state index contributed by atoms with van der Waals surface area (Å²) in [6.07, 6.45) is -4.36. The van der Waals surface area contributed by atoms with Crippen molar-refractivity contribution >= 4 is 11.7 Å². The summed E-state index contributed by atoms with van der Waals surface area (Å²) in [6.45, 7) is 2.13. The average molecular weight is 456 g/mol. The quantitative estimate of drug-likeness (QED) is 0.695. The molecule has 0 spiro atoms. The second kappa shape index (κ2) is 8.27. The molecule has 11 heteroatoms. The van der Waals surface area contributed by atoms with Crippen LogP contribution in [0.15, 0.2) is 12.1 Å². The summed E-state index contributed by atoms with van der Waals surface area (Å²) in [5.74, 6) is -4.53. The Morgan fingerprint density at radius 1 is 1.16 bits per heavy atom. The number of alkyl halides is 3. The number of benzene rings is 1. The number of rotatable bonds is 3. The van der Waals surface area contributed by atoms with Gasteiger partial charge in [-0.1, -0.05) is 6.07 Å². The number of H-pyrrole nitrogens is 1. The molecule has 0 aliphatic carbocycles. The van der Waals surface area contributed by atoms with Crippen LogP contribution in [0, 0.1) is 11.6 Å². The number of aromatic nitrogens is 2. The Morgan fingerprint density at radius 2 is 1.84 bits per heavy atom. The van der Waals surface area contributed by atoms with Gasteiger partial charge in [-0.05, 0) is 43.7 Å². The fourth-order valence-corrected chi connectivity index (χ4v) is 4.47. The highest BCUT2D eigenvalue weighted by Crippen LogP contribution is 2.41. The van der Waals surface area contributed by atoms with Gasteiger partial charge in [0.15, 0.2) is 17.3 Å². The van der Waals surface area contributed by atoms with E-state index in [9.17, 15) is 31.5 Å². The zero-order valence-corrected chi connectivity index (χ0v) is 17.2. The normalized spacial score (nSPS) is 19.7. The first kappa shape index (κ1) is 22.4. The van der Waals surface area contributed by atoms with Crippen LogP contribution in [-0.4, -0.2) is 45.9 Å².